The zero-order chi connectivity index (χ0) is 12.5. The summed E-state index contributed by atoms with van der Waals surface area (Å²) < 4.78 is 5.00. The Morgan fingerprint density at radius 1 is 1.71 bits per heavy atom. The van der Waals surface area contributed by atoms with Crippen molar-refractivity contribution in [2.45, 2.75) is 11.7 Å². The molecule has 0 fully saturated rings. The third kappa shape index (κ3) is 4.43. The zero-order valence-electron chi connectivity index (χ0n) is 9.47. The van der Waals surface area contributed by atoms with Crippen molar-refractivity contribution in [2.24, 2.45) is 0 Å². The average Bonchev–Trinajstić information content (AvgIpc) is 2.38. The summed E-state index contributed by atoms with van der Waals surface area (Å²) in [6, 6.07) is 3.36. The van der Waals surface area contributed by atoms with E-state index in [4.69, 9.17) is 10.00 Å². The van der Waals surface area contributed by atoms with Gasteiger partial charge in [0.1, 0.15) is 0 Å². The first-order chi connectivity index (χ1) is 8.29. The molecule has 0 aliphatic carbocycles. The molecule has 90 valence electrons. The number of methoxy groups -OCH3 is 1. The molecule has 5 nitrogen and oxygen atoms in total. The van der Waals surface area contributed by atoms with Gasteiger partial charge in [-0.25, -0.2) is 0 Å². The molecule has 1 aromatic rings. The number of nitrogens with zero attached hydrogens (tertiary/aromatic N) is 2. The topological polar surface area (TPSA) is 75.0 Å². The number of ether oxygens (including phenoxy) is 1. The molecule has 0 aromatic carbocycles. The molecule has 1 amide bonds. The normalized spacial score (nSPS) is 9.41. The fourth-order valence-electron chi connectivity index (χ4n) is 1.21. The summed E-state index contributed by atoms with van der Waals surface area (Å²) in [5.74, 6) is 0.130. The Morgan fingerprint density at radius 2 is 2.53 bits per heavy atom. The van der Waals surface area contributed by atoms with Gasteiger partial charge in [0.05, 0.1) is 0 Å². The van der Waals surface area contributed by atoms with E-state index in [1.807, 2.05) is 0 Å². The number of rotatable bonds is 6. The number of nitrogens with one attached hydrogen (secondary N) is 1. The summed E-state index contributed by atoms with van der Waals surface area (Å²) in [4.78, 5) is 17.8. The van der Waals surface area contributed by atoms with Crippen molar-refractivity contribution in [3.63, 3.8) is 0 Å². The molecule has 1 N–H and O–H groups in total. The van der Waals surface area contributed by atoms with E-state index < -0.39 is 0 Å². The van der Waals surface area contributed by atoms with Crippen molar-refractivity contribution in [3.8, 4) is 10.8 Å². The molecular formula is C11H13N3O2Se. The molecule has 0 aliphatic heterocycles. The summed E-state index contributed by atoms with van der Waals surface area (Å²) in [7, 11) is 1.48. The Balaban J connectivity index is 2.44. The number of hydrogen-bond acceptors (Lipinski definition) is 4. The number of hydrogen-bond donors (Lipinski definition) is 1. The first kappa shape index (κ1) is 13.5. The number of amides is 1. The van der Waals surface area contributed by atoms with E-state index in [1.165, 1.54) is 7.11 Å². The Morgan fingerprint density at radius 3 is 3.24 bits per heavy atom. The van der Waals surface area contributed by atoms with Crippen LogP contribution in [0.1, 0.15) is 16.8 Å². The SMILES string of the molecule is COc1ncccc1C(=O)NCCC[Se]C#N. The first-order valence-corrected chi connectivity index (χ1v) is 7.14. The summed E-state index contributed by atoms with van der Waals surface area (Å²) in [5.41, 5.74) is 0.431. The molecule has 0 saturated carbocycles. The van der Waals surface area contributed by atoms with E-state index in [2.05, 4.69) is 15.3 Å². The predicted octanol–water partition coefficient (Wildman–Crippen LogP) is 0.814. The summed E-state index contributed by atoms with van der Waals surface area (Å²) in [6.07, 6.45) is 2.40. The van der Waals surface area contributed by atoms with E-state index in [-0.39, 0.29) is 20.9 Å². The molecule has 1 heterocycles. The van der Waals surface area contributed by atoms with Gasteiger partial charge in [-0.05, 0) is 0 Å². The standard InChI is InChI=1S/C11H13N3O2Se/c1-16-11-9(4-2-5-14-11)10(15)13-6-3-7-17-8-12/h2,4-5H,3,6-7H2,1H3,(H,13,15). The molecule has 0 saturated heterocycles. The third-order valence-electron chi connectivity index (χ3n) is 1.98. The molecule has 1 rings (SSSR count). The van der Waals surface area contributed by atoms with Gasteiger partial charge in [0.25, 0.3) is 0 Å². The van der Waals surface area contributed by atoms with E-state index in [1.54, 1.807) is 18.3 Å². The van der Waals surface area contributed by atoms with E-state index in [0.29, 0.717) is 18.0 Å². The Hall–Kier alpha value is -1.57. The van der Waals surface area contributed by atoms with Crippen LogP contribution in [0.25, 0.3) is 0 Å². The van der Waals surface area contributed by atoms with E-state index >= 15 is 0 Å². The van der Waals surface area contributed by atoms with Gasteiger partial charge in [-0.1, -0.05) is 0 Å². The maximum absolute atomic E-state index is 11.8. The summed E-state index contributed by atoms with van der Waals surface area (Å²) in [6.45, 7) is 0.570. The molecule has 0 unspecified atom stereocenters. The van der Waals surface area contributed by atoms with Crippen molar-refractivity contribution < 1.29 is 9.53 Å². The Bertz CT molecular complexity index is 417. The molecule has 6 heteroatoms. The molecule has 0 atom stereocenters. The van der Waals surface area contributed by atoms with Crippen molar-refractivity contribution in [1.82, 2.24) is 10.3 Å². The molecule has 17 heavy (non-hydrogen) atoms. The third-order valence-corrected chi connectivity index (χ3v) is 3.29. The number of nitriles is 1. The molecule has 0 aliphatic rings. The Kier molecular flexibility index (Phi) is 6.08. The Labute approximate surface area is 106 Å². The zero-order valence-corrected chi connectivity index (χ0v) is 11.2. The van der Waals surface area contributed by atoms with Crippen LogP contribution in [-0.4, -0.2) is 39.5 Å². The van der Waals surface area contributed by atoms with Crippen LogP contribution in [0.3, 0.4) is 0 Å². The first-order valence-electron chi connectivity index (χ1n) is 5.07. The fraction of sp³-hybridized carbons (Fsp3) is 0.364. The maximum atomic E-state index is 11.8. The monoisotopic (exact) mass is 299 g/mol. The van der Waals surface area contributed by atoms with E-state index in [0.717, 1.165) is 11.7 Å². The van der Waals surface area contributed by atoms with Gasteiger partial charge in [-0.3, -0.25) is 0 Å². The van der Waals surface area contributed by atoms with Crippen molar-refractivity contribution in [1.29, 1.82) is 5.26 Å². The van der Waals surface area contributed by atoms with Crippen molar-refractivity contribution >= 4 is 20.9 Å². The summed E-state index contributed by atoms with van der Waals surface area (Å²) >= 11 is 0.0245. The summed E-state index contributed by atoms with van der Waals surface area (Å²) in [5, 5.41) is 12.0. The quantitative estimate of drug-likeness (QED) is 0.623. The molecule has 0 radical (unpaired) electrons. The number of carbonyl (C=O) groups is 1. The van der Waals surface area contributed by atoms with Crippen LogP contribution >= 0.6 is 0 Å². The second kappa shape index (κ2) is 7.66. The number of pyridine rings is 1. The van der Waals surface area contributed by atoms with Gasteiger partial charge in [-0.2, -0.15) is 0 Å². The minimum absolute atomic E-state index is 0.0245. The average molecular weight is 298 g/mol. The second-order valence-corrected chi connectivity index (χ2v) is 4.95. The van der Waals surface area contributed by atoms with Crippen LogP contribution < -0.4 is 10.1 Å². The van der Waals surface area contributed by atoms with Crippen LogP contribution in [0.5, 0.6) is 5.88 Å². The van der Waals surface area contributed by atoms with Crippen LogP contribution in [-0.2, 0) is 0 Å². The van der Waals surface area contributed by atoms with Crippen molar-refractivity contribution in [2.75, 3.05) is 13.7 Å². The van der Waals surface area contributed by atoms with Crippen LogP contribution in [0.15, 0.2) is 18.3 Å². The van der Waals surface area contributed by atoms with Gasteiger partial charge < -0.3 is 0 Å². The van der Waals surface area contributed by atoms with Crippen LogP contribution in [0.2, 0.25) is 5.32 Å². The number of carbonyl (C=O) groups excluding carboxylic acids is 1. The molecule has 1 aromatic heterocycles. The molecular weight excluding hydrogens is 285 g/mol. The second-order valence-electron chi connectivity index (χ2n) is 3.11. The van der Waals surface area contributed by atoms with Gasteiger partial charge in [-0.15, -0.1) is 0 Å². The van der Waals surface area contributed by atoms with E-state index in [9.17, 15) is 4.79 Å². The van der Waals surface area contributed by atoms with Crippen LogP contribution in [0, 0.1) is 10.2 Å². The predicted molar refractivity (Wildman–Crippen MR) is 63.9 cm³/mol. The van der Waals surface area contributed by atoms with Crippen molar-refractivity contribution in [3.05, 3.63) is 23.9 Å². The van der Waals surface area contributed by atoms with Crippen LogP contribution in [0.4, 0.5) is 0 Å². The minimum atomic E-state index is -0.195. The number of aromatic nitrogens is 1. The molecule has 0 spiro atoms. The van der Waals surface area contributed by atoms with Gasteiger partial charge in [0, 0.05) is 0 Å². The fourth-order valence-corrected chi connectivity index (χ4v) is 2.01. The van der Waals surface area contributed by atoms with Gasteiger partial charge in [0.15, 0.2) is 0 Å². The van der Waals surface area contributed by atoms with Gasteiger partial charge >= 0.3 is 106 Å². The molecule has 0 bridgehead atoms. The van der Waals surface area contributed by atoms with Gasteiger partial charge in [0.2, 0.25) is 0 Å².